The second-order valence-corrected chi connectivity index (χ2v) is 9.65. The van der Waals surface area contributed by atoms with E-state index in [9.17, 15) is 22.4 Å². The van der Waals surface area contributed by atoms with Crippen LogP contribution in [0.5, 0.6) is 0 Å². The molecule has 1 fully saturated rings. The average molecular weight is 552 g/mol. The molecule has 1 aliphatic heterocycles. The summed E-state index contributed by atoms with van der Waals surface area (Å²) in [6, 6.07) is 8.66. The fourth-order valence-electron chi connectivity index (χ4n) is 4.37. The second-order valence-electron chi connectivity index (χ2n) is 9.65. The van der Waals surface area contributed by atoms with Crippen molar-refractivity contribution < 1.29 is 22.4 Å². The van der Waals surface area contributed by atoms with Crippen molar-refractivity contribution in [3.05, 3.63) is 82.1 Å². The molecule has 0 unspecified atom stereocenters. The van der Waals surface area contributed by atoms with Gasteiger partial charge in [0.1, 0.15) is 5.69 Å². The molecule has 40 heavy (non-hydrogen) atoms. The molecule has 2 aromatic heterocycles. The fraction of sp³-hybridized carbons (Fsp3) is 0.286. The summed E-state index contributed by atoms with van der Waals surface area (Å²) < 4.78 is 55.5. The molecule has 206 valence electrons. The zero-order valence-corrected chi connectivity index (χ0v) is 21.7. The first-order valence-electron chi connectivity index (χ1n) is 12.5. The van der Waals surface area contributed by atoms with Gasteiger partial charge < -0.3 is 10.2 Å². The predicted octanol–water partition coefficient (Wildman–Crippen LogP) is 4.22. The number of carbonyl (C=O) groups excluding carboxylic acids is 1. The van der Waals surface area contributed by atoms with Gasteiger partial charge in [-0.1, -0.05) is 18.1 Å². The Balaban J connectivity index is 1.34. The first-order chi connectivity index (χ1) is 19.1. The molecule has 0 atom stereocenters. The Kier molecular flexibility index (Phi) is 7.51. The van der Waals surface area contributed by atoms with E-state index >= 15 is 0 Å². The van der Waals surface area contributed by atoms with E-state index in [1.54, 1.807) is 19.1 Å². The van der Waals surface area contributed by atoms with Gasteiger partial charge >= 0.3 is 6.18 Å². The van der Waals surface area contributed by atoms with Gasteiger partial charge in [0.2, 0.25) is 0 Å². The number of aryl methyl sites for hydroxylation is 1. The van der Waals surface area contributed by atoms with E-state index in [1.807, 2.05) is 11.9 Å². The van der Waals surface area contributed by atoms with Crippen molar-refractivity contribution in [2.45, 2.75) is 19.6 Å². The van der Waals surface area contributed by atoms with Crippen LogP contribution in [0.2, 0.25) is 0 Å². The molecule has 1 saturated heterocycles. The number of aromatic nitrogens is 4. The van der Waals surface area contributed by atoms with Crippen molar-refractivity contribution in [3.63, 3.8) is 0 Å². The van der Waals surface area contributed by atoms with Crippen LogP contribution in [0, 0.1) is 24.7 Å². The maximum Gasteiger partial charge on any atom is 0.416 e. The summed E-state index contributed by atoms with van der Waals surface area (Å²) in [7, 11) is 1.98. The minimum Gasteiger partial charge on any atom is -0.322 e. The number of amides is 1. The molecule has 4 aromatic rings. The first-order valence-corrected chi connectivity index (χ1v) is 12.5. The number of anilines is 1. The van der Waals surface area contributed by atoms with E-state index in [2.05, 4.69) is 42.2 Å². The van der Waals surface area contributed by atoms with Crippen LogP contribution in [0.4, 0.5) is 23.2 Å². The topological polar surface area (TPSA) is 90.0 Å². The number of hydrogen-bond acceptors (Lipinski definition) is 6. The number of rotatable bonds is 4. The summed E-state index contributed by atoms with van der Waals surface area (Å²) in [5.74, 6) is 4.33. The third-order valence-corrected chi connectivity index (χ3v) is 6.72. The van der Waals surface area contributed by atoms with E-state index in [-0.39, 0.29) is 40.2 Å². The van der Waals surface area contributed by atoms with Crippen LogP contribution in [0.3, 0.4) is 0 Å². The summed E-state index contributed by atoms with van der Waals surface area (Å²) in [6.45, 7) is 4.94. The molecule has 1 amide bonds. The number of piperazine rings is 1. The van der Waals surface area contributed by atoms with Crippen LogP contribution >= 0.6 is 0 Å². The van der Waals surface area contributed by atoms with Gasteiger partial charge in [-0.25, -0.2) is 9.97 Å². The Morgan fingerprint density at radius 3 is 2.62 bits per heavy atom. The maximum absolute atomic E-state index is 13.9. The number of likely N-dealkylation sites (N-methyl/N-ethyl adjacent to an activating group) is 1. The van der Waals surface area contributed by atoms with Gasteiger partial charge in [-0.15, -0.1) is 5.10 Å². The van der Waals surface area contributed by atoms with Crippen molar-refractivity contribution in [1.82, 2.24) is 30.0 Å². The van der Waals surface area contributed by atoms with E-state index in [4.69, 9.17) is 0 Å². The molecule has 1 aliphatic rings. The van der Waals surface area contributed by atoms with Crippen LogP contribution in [0.15, 0.2) is 42.6 Å². The number of H-pyrrole nitrogens is 1. The monoisotopic (exact) mass is 551 g/mol. The normalized spacial score (nSPS) is 14.7. The molecule has 2 aromatic carbocycles. The largest absolute Gasteiger partial charge is 0.416 e. The van der Waals surface area contributed by atoms with E-state index in [1.165, 1.54) is 24.4 Å². The van der Waals surface area contributed by atoms with Crippen LogP contribution in [-0.4, -0.2) is 69.1 Å². The molecule has 0 aliphatic carbocycles. The summed E-state index contributed by atoms with van der Waals surface area (Å²) >= 11 is 0. The van der Waals surface area contributed by atoms with E-state index in [0.29, 0.717) is 18.7 Å². The smallest absolute Gasteiger partial charge is 0.322 e. The number of hydrogen-bond donors (Lipinski definition) is 2. The van der Waals surface area contributed by atoms with Gasteiger partial charge in [0.25, 0.3) is 11.9 Å². The Labute approximate surface area is 227 Å². The molecule has 3 heterocycles. The standard InChI is InChI=1S/C28H25F4N7O/c1-17-3-4-19(13-18(17)5-8-22-15-33-26-24(34-22)25(29)36-37-26)27(40)35-21-7-6-20(23(14-21)28(30,31)32)16-39-11-9-38(2)10-12-39/h3-4,6-7,13-15H,9-12,16H2,1-2H3,(H,35,40)(H,33,36,37). The molecular formula is C28H25F4N7O. The number of aromatic amines is 1. The molecular weight excluding hydrogens is 526 g/mol. The van der Waals surface area contributed by atoms with E-state index in [0.717, 1.165) is 24.7 Å². The van der Waals surface area contributed by atoms with Crippen LogP contribution in [0.1, 0.15) is 38.3 Å². The van der Waals surface area contributed by atoms with Gasteiger partial charge in [0.15, 0.2) is 11.2 Å². The van der Waals surface area contributed by atoms with Crippen LogP contribution in [-0.2, 0) is 12.7 Å². The van der Waals surface area contributed by atoms with Crippen LogP contribution < -0.4 is 5.32 Å². The third-order valence-electron chi connectivity index (χ3n) is 6.72. The zero-order valence-electron chi connectivity index (χ0n) is 21.7. The van der Waals surface area contributed by atoms with Crippen molar-refractivity contribution in [1.29, 1.82) is 0 Å². The number of halogens is 4. The minimum atomic E-state index is -4.57. The third kappa shape index (κ3) is 6.11. The summed E-state index contributed by atoms with van der Waals surface area (Å²) in [5.41, 5.74) is 1.28. The molecule has 0 saturated carbocycles. The average Bonchev–Trinajstić information content (AvgIpc) is 3.29. The number of nitrogens with zero attached hydrogens (tertiary/aromatic N) is 5. The zero-order chi connectivity index (χ0) is 28.4. The lowest BCUT2D eigenvalue weighted by atomic mass is 10.0. The first kappa shape index (κ1) is 27.2. The van der Waals surface area contributed by atoms with Gasteiger partial charge in [-0.2, -0.15) is 17.6 Å². The quantitative estimate of drug-likeness (QED) is 0.292. The number of carbonyl (C=O) groups is 1. The number of fused-ring (bicyclic) bond motifs is 1. The summed E-state index contributed by atoms with van der Waals surface area (Å²) in [6.07, 6.45) is -3.20. The van der Waals surface area contributed by atoms with Gasteiger partial charge in [0.05, 0.1) is 11.8 Å². The molecule has 0 bridgehead atoms. The highest BCUT2D eigenvalue weighted by Gasteiger charge is 2.34. The van der Waals surface area contributed by atoms with Crippen molar-refractivity contribution in [3.8, 4) is 11.8 Å². The predicted molar refractivity (Wildman–Crippen MR) is 141 cm³/mol. The highest BCUT2D eigenvalue weighted by Crippen LogP contribution is 2.34. The highest BCUT2D eigenvalue weighted by atomic mass is 19.4. The summed E-state index contributed by atoms with van der Waals surface area (Å²) in [4.78, 5) is 25.2. The lowest BCUT2D eigenvalue weighted by molar-refractivity contribution is -0.138. The Morgan fingerprint density at radius 1 is 1.10 bits per heavy atom. The lowest BCUT2D eigenvalue weighted by Gasteiger charge is -2.33. The minimum absolute atomic E-state index is 0.0376. The molecule has 12 heteroatoms. The van der Waals surface area contributed by atoms with Crippen molar-refractivity contribution in [2.75, 3.05) is 38.5 Å². The maximum atomic E-state index is 13.9. The fourth-order valence-corrected chi connectivity index (χ4v) is 4.37. The Bertz CT molecular complexity index is 1630. The van der Waals surface area contributed by atoms with Crippen molar-refractivity contribution >= 4 is 22.8 Å². The molecule has 5 rings (SSSR count). The Hall–Kier alpha value is -4.34. The van der Waals surface area contributed by atoms with Gasteiger partial charge in [0, 0.05) is 49.5 Å². The van der Waals surface area contributed by atoms with Gasteiger partial charge in [-0.3, -0.25) is 14.8 Å². The molecule has 2 N–H and O–H groups in total. The highest BCUT2D eigenvalue weighted by molar-refractivity contribution is 6.04. The van der Waals surface area contributed by atoms with Gasteiger partial charge in [-0.05, 0) is 55.3 Å². The summed E-state index contributed by atoms with van der Waals surface area (Å²) in [5, 5.41) is 8.40. The molecule has 0 spiro atoms. The molecule has 0 radical (unpaired) electrons. The lowest BCUT2D eigenvalue weighted by Crippen LogP contribution is -2.44. The van der Waals surface area contributed by atoms with Crippen LogP contribution in [0.25, 0.3) is 11.2 Å². The SMILES string of the molecule is Cc1ccc(C(=O)Nc2ccc(CN3CCN(C)CC3)c(C(F)(F)F)c2)cc1C#Cc1cnc2[nH]nc(F)c2n1. The second kappa shape index (κ2) is 11.0. The van der Waals surface area contributed by atoms with Crippen molar-refractivity contribution in [2.24, 2.45) is 0 Å². The number of benzene rings is 2. The number of alkyl halides is 3. The number of nitrogens with one attached hydrogen (secondary N) is 2. The molecule has 8 nitrogen and oxygen atoms in total. The van der Waals surface area contributed by atoms with E-state index < -0.39 is 23.6 Å². The Morgan fingerprint density at radius 2 is 1.88 bits per heavy atom.